The molecule has 1 heterocycles. The summed E-state index contributed by atoms with van der Waals surface area (Å²) in [5.41, 5.74) is 1.05. The van der Waals surface area contributed by atoms with Gasteiger partial charge in [0.2, 0.25) is 0 Å². The number of nitrogens with zero attached hydrogens (tertiary/aromatic N) is 1. The monoisotopic (exact) mass is 493 g/mol. The van der Waals surface area contributed by atoms with Gasteiger partial charge in [0, 0.05) is 38.8 Å². The summed E-state index contributed by atoms with van der Waals surface area (Å²) in [6.07, 6.45) is 1.68. The van der Waals surface area contributed by atoms with Crippen LogP contribution < -0.4 is 20.1 Å². The van der Waals surface area contributed by atoms with E-state index in [4.69, 9.17) is 14.2 Å². The maximum atomic E-state index is 9.33. The van der Waals surface area contributed by atoms with Crippen LogP contribution in [0, 0.1) is 5.41 Å². The summed E-state index contributed by atoms with van der Waals surface area (Å²) in [5.74, 6) is 2.19. The zero-order valence-corrected chi connectivity index (χ0v) is 18.7. The number of ether oxygens (including phenoxy) is 3. The second kappa shape index (κ2) is 12.2. The van der Waals surface area contributed by atoms with Crippen molar-refractivity contribution in [3.63, 3.8) is 0 Å². The van der Waals surface area contributed by atoms with E-state index in [0.29, 0.717) is 19.8 Å². The highest BCUT2D eigenvalue weighted by atomic mass is 127. The summed E-state index contributed by atoms with van der Waals surface area (Å²) in [6, 6.07) is 5.89. The lowest BCUT2D eigenvalue weighted by Gasteiger charge is -2.27. The Morgan fingerprint density at radius 1 is 1.33 bits per heavy atom. The van der Waals surface area contributed by atoms with Crippen LogP contribution in [0.25, 0.3) is 0 Å². The molecule has 1 atom stereocenters. The van der Waals surface area contributed by atoms with Gasteiger partial charge in [-0.15, -0.1) is 24.0 Å². The SMILES string of the molecule is CCOc1ccc(CNC(=NC)NCC2(CCO)CCOC2)cc1OC.I. The van der Waals surface area contributed by atoms with Crippen molar-refractivity contribution in [2.45, 2.75) is 26.3 Å². The molecule has 0 spiro atoms. The molecule has 3 N–H and O–H groups in total. The minimum absolute atomic E-state index is 0. The Bertz CT molecular complexity index is 592. The average molecular weight is 493 g/mol. The van der Waals surface area contributed by atoms with Gasteiger partial charge in [0.05, 0.1) is 20.3 Å². The fourth-order valence-corrected chi connectivity index (χ4v) is 3.09. The summed E-state index contributed by atoms with van der Waals surface area (Å²) in [5, 5.41) is 16.0. The van der Waals surface area contributed by atoms with Crippen molar-refractivity contribution in [1.82, 2.24) is 10.6 Å². The molecule has 0 amide bonds. The van der Waals surface area contributed by atoms with Gasteiger partial charge in [-0.25, -0.2) is 0 Å². The number of methoxy groups -OCH3 is 1. The zero-order valence-electron chi connectivity index (χ0n) is 16.4. The summed E-state index contributed by atoms with van der Waals surface area (Å²) in [6.45, 7) is 5.48. The van der Waals surface area contributed by atoms with Crippen LogP contribution in [-0.4, -0.2) is 58.2 Å². The van der Waals surface area contributed by atoms with Crippen molar-refractivity contribution >= 4 is 29.9 Å². The lowest BCUT2D eigenvalue weighted by Crippen LogP contribution is -2.44. The van der Waals surface area contributed by atoms with Gasteiger partial charge in [0.25, 0.3) is 0 Å². The third kappa shape index (κ3) is 7.00. The highest BCUT2D eigenvalue weighted by Crippen LogP contribution is 2.31. The van der Waals surface area contributed by atoms with Crippen molar-refractivity contribution < 1.29 is 19.3 Å². The topological polar surface area (TPSA) is 84.3 Å². The molecular formula is C19H32IN3O4. The predicted octanol–water partition coefficient (Wildman–Crippen LogP) is 2.17. The molecule has 1 unspecified atom stereocenters. The maximum Gasteiger partial charge on any atom is 0.191 e. The molecule has 0 saturated carbocycles. The summed E-state index contributed by atoms with van der Waals surface area (Å²) < 4.78 is 16.5. The van der Waals surface area contributed by atoms with Gasteiger partial charge in [-0.05, 0) is 37.5 Å². The molecule has 0 aromatic heterocycles. The molecule has 154 valence electrons. The van der Waals surface area contributed by atoms with Crippen LogP contribution in [0.5, 0.6) is 11.5 Å². The van der Waals surface area contributed by atoms with Gasteiger partial charge in [-0.3, -0.25) is 4.99 Å². The molecule has 1 aliphatic rings. The number of hydrogen-bond donors (Lipinski definition) is 3. The molecule has 1 aromatic rings. The van der Waals surface area contributed by atoms with E-state index in [-0.39, 0.29) is 36.0 Å². The number of aliphatic imine (C=N–C) groups is 1. The highest BCUT2D eigenvalue weighted by Gasteiger charge is 2.34. The Kier molecular flexibility index (Phi) is 10.8. The molecule has 0 bridgehead atoms. The predicted molar refractivity (Wildman–Crippen MR) is 117 cm³/mol. The Balaban J connectivity index is 0.00000364. The zero-order chi connectivity index (χ0) is 18.8. The first-order valence-electron chi connectivity index (χ1n) is 9.09. The van der Waals surface area contributed by atoms with Gasteiger partial charge < -0.3 is 30.0 Å². The standard InChI is InChI=1S/C19H31N3O4.HI/c1-4-26-16-6-5-15(11-17(16)24-3)12-21-18(20-2)22-13-19(7-9-23)8-10-25-14-19;/h5-6,11,23H,4,7-10,12-14H2,1-3H3,(H2,20,21,22);1H. The summed E-state index contributed by atoms with van der Waals surface area (Å²) in [7, 11) is 3.39. The number of nitrogens with one attached hydrogen (secondary N) is 2. The number of hydrogen-bond acceptors (Lipinski definition) is 5. The number of halogens is 1. The first-order chi connectivity index (χ1) is 12.7. The second-order valence-corrected chi connectivity index (χ2v) is 6.47. The van der Waals surface area contributed by atoms with Crippen molar-refractivity contribution in [3.8, 4) is 11.5 Å². The highest BCUT2D eigenvalue weighted by molar-refractivity contribution is 14.0. The van der Waals surface area contributed by atoms with Gasteiger partial charge in [0.1, 0.15) is 0 Å². The van der Waals surface area contributed by atoms with E-state index >= 15 is 0 Å². The van der Waals surface area contributed by atoms with E-state index in [1.165, 1.54) is 0 Å². The third-order valence-corrected chi connectivity index (χ3v) is 4.67. The fourth-order valence-electron chi connectivity index (χ4n) is 3.09. The van der Waals surface area contributed by atoms with Crippen LogP contribution in [0.1, 0.15) is 25.3 Å². The number of aliphatic hydroxyl groups excluding tert-OH is 1. The number of rotatable bonds is 9. The van der Waals surface area contributed by atoms with Crippen LogP contribution >= 0.6 is 24.0 Å². The number of benzene rings is 1. The van der Waals surface area contributed by atoms with E-state index in [1.54, 1.807) is 14.2 Å². The van der Waals surface area contributed by atoms with Crippen LogP contribution in [0.15, 0.2) is 23.2 Å². The molecule has 0 aliphatic carbocycles. The second-order valence-electron chi connectivity index (χ2n) is 6.47. The van der Waals surface area contributed by atoms with Crippen molar-refractivity contribution in [2.75, 3.05) is 47.1 Å². The maximum absolute atomic E-state index is 9.33. The van der Waals surface area contributed by atoms with E-state index in [0.717, 1.165) is 49.0 Å². The minimum atomic E-state index is -0.0191. The quantitative estimate of drug-likeness (QED) is 0.278. The van der Waals surface area contributed by atoms with Crippen LogP contribution in [-0.2, 0) is 11.3 Å². The van der Waals surface area contributed by atoms with E-state index in [2.05, 4.69) is 15.6 Å². The summed E-state index contributed by atoms with van der Waals surface area (Å²) in [4.78, 5) is 4.28. The molecule has 1 fully saturated rings. The summed E-state index contributed by atoms with van der Waals surface area (Å²) >= 11 is 0. The molecule has 2 rings (SSSR count). The minimum Gasteiger partial charge on any atom is -0.493 e. The Morgan fingerprint density at radius 2 is 2.15 bits per heavy atom. The van der Waals surface area contributed by atoms with E-state index < -0.39 is 0 Å². The molecule has 8 heteroatoms. The van der Waals surface area contributed by atoms with Crippen molar-refractivity contribution in [1.29, 1.82) is 0 Å². The van der Waals surface area contributed by atoms with Gasteiger partial charge in [-0.2, -0.15) is 0 Å². The molecular weight excluding hydrogens is 461 g/mol. The van der Waals surface area contributed by atoms with Crippen LogP contribution in [0.4, 0.5) is 0 Å². The molecule has 1 aliphatic heterocycles. The smallest absolute Gasteiger partial charge is 0.191 e. The largest absolute Gasteiger partial charge is 0.493 e. The lowest BCUT2D eigenvalue weighted by molar-refractivity contribution is 0.127. The Morgan fingerprint density at radius 3 is 2.74 bits per heavy atom. The number of aliphatic hydroxyl groups is 1. The first kappa shape index (κ1) is 23.8. The number of guanidine groups is 1. The molecule has 0 radical (unpaired) electrons. The fraction of sp³-hybridized carbons (Fsp3) is 0.632. The van der Waals surface area contributed by atoms with Crippen LogP contribution in [0.2, 0.25) is 0 Å². The van der Waals surface area contributed by atoms with Crippen molar-refractivity contribution in [2.24, 2.45) is 10.4 Å². The molecule has 7 nitrogen and oxygen atoms in total. The van der Waals surface area contributed by atoms with E-state index in [1.807, 2.05) is 25.1 Å². The normalized spacial score (nSPS) is 19.3. The Hall–Kier alpha value is -1.26. The van der Waals surface area contributed by atoms with Gasteiger partial charge >= 0.3 is 0 Å². The van der Waals surface area contributed by atoms with Crippen LogP contribution in [0.3, 0.4) is 0 Å². The van der Waals surface area contributed by atoms with Crippen molar-refractivity contribution in [3.05, 3.63) is 23.8 Å². The lowest BCUT2D eigenvalue weighted by atomic mass is 9.84. The van der Waals surface area contributed by atoms with Gasteiger partial charge in [0.15, 0.2) is 17.5 Å². The van der Waals surface area contributed by atoms with Gasteiger partial charge in [-0.1, -0.05) is 6.07 Å². The molecule has 1 saturated heterocycles. The molecule has 1 aromatic carbocycles. The third-order valence-electron chi connectivity index (χ3n) is 4.67. The molecule has 27 heavy (non-hydrogen) atoms. The Labute approximate surface area is 178 Å². The average Bonchev–Trinajstić information content (AvgIpc) is 3.12. The van der Waals surface area contributed by atoms with E-state index in [9.17, 15) is 5.11 Å². The first-order valence-corrected chi connectivity index (χ1v) is 9.09.